The predicted molar refractivity (Wildman–Crippen MR) is 124 cm³/mol. The molecule has 4 rings (SSSR count). The number of rotatable bonds is 7. The van der Waals surface area contributed by atoms with E-state index < -0.39 is 9.84 Å². The molecule has 1 aliphatic heterocycles. The van der Waals surface area contributed by atoms with Crippen LogP contribution in [0.2, 0.25) is 10.0 Å². The predicted octanol–water partition coefficient (Wildman–Crippen LogP) is 4.79. The summed E-state index contributed by atoms with van der Waals surface area (Å²) in [6.45, 7) is 0.882. The summed E-state index contributed by atoms with van der Waals surface area (Å²) in [4.78, 5) is 13.3. The molecule has 2 unspecified atom stereocenters. The molecule has 2 N–H and O–H groups in total. The second-order valence-corrected chi connectivity index (χ2v) is 11.3. The molecule has 166 valence electrons. The number of piperidine rings is 1. The standard InChI is InChI=1S/C23H26Cl2N2O3S/c24-17-8-11-19(20(25)13-17)23(28)27-22(21-3-1-2-12-26-21)16-6-9-18(10-7-16)31(29,30)14-15-4-5-15/h6-11,13,15,21-22,26H,1-5,12,14H2,(H,27,28). The van der Waals surface area contributed by atoms with E-state index in [1.165, 1.54) is 0 Å². The van der Waals surface area contributed by atoms with E-state index in [0.29, 0.717) is 26.4 Å². The van der Waals surface area contributed by atoms with Crippen molar-refractivity contribution < 1.29 is 13.2 Å². The molecule has 5 nitrogen and oxygen atoms in total. The van der Waals surface area contributed by atoms with Crippen LogP contribution in [-0.2, 0) is 9.84 Å². The van der Waals surface area contributed by atoms with Gasteiger partial charge in [0, 0.05) is 11.1 Å². The van der Waals surface area contributed by atoms with Crippen molar-refractivity contribution in [3.05, 3.63) is 63.6 Å². The van der Waals surface area contributed by atoms with Gasteiger partial charge >= 0.3 is 0 Å². The van der Waals surface area contributed by atoms with E-state index in [-0.39, 0.29) is 23.7 Å². The van der Waals surface area contributed by atoms with Crippen LogP contribution in [0.1, 0.15) is 54.1 Å². The first-order valence-corrected chi connectivity index (χ1v) is 13.1. The summed E-state index contributed by atoms with van der Waals surface area (Å²) in [5.41, 5.74) is 1.22. The minimum absolute atomic E-state index is 0.0534. The van der Waals surface area contributed by atoms with Crippen LogP contribution in [0.15, 0.2) is 47.4 Å². The van der Waals surface area contributed by atoms with Crippen molar-refractivity contribution in [1.82, 2.24) is 10.6 Å². The van der Waals surface area contributed by atoms with Crippen LogP contribution in [0.25, 0.3) is 0 Å². The van der Waals surface area contributed by atoms with Gasteiger partial charge in [-0.3, -0.25) is 4.79 Å². The Hall–Kier alpha value is -1.60. The van der Waals surface area contributed by atoms with Crippen LogP contribution in [0.4, 0.5) is 0 Å². The normalized spacial score (nSPS) is 20.3. The average molecular weight is 481 g/mol. The maximum atomic E-state index is 13.0. The Morgan fingerprint density at radius 1 is 1.06 bits per heavy atom. The van der Waals surface area contributed by atoms with Gasteiger partial charge in [-0.1, -0.05) is 41.8 Å². The highest BCUT2D eigenvalue weighted by Crippen LogP contribution is 2.33. The van der Waals surface area contributed by atoms with Crippen LogP contribution in [0.3, 0.4) is 0 Å². The summed E-state index contributed by atoms with van der Waals surface area (Å²) in [6.07, 6.45) is 5.07. The summed E-state index contributed by atoms with van der Waals surface area (Å²) >= 11 is 12.2. The lowest BCUT2D eigenvalue weighted by molar-refractivity contribution is 0.0923. The molecule has 2 aromatic rings. The molecular weight excluding hydrogens is 455 g/mol. The van der Waals surface area contributed by atoms with E-state index in [9.17, 15) is 13.2 Å². The molecule has 0 aromatic heterocycles. The molecule has 1 saturated carbocycles. The Bertz CT molecular complexity index is 1050. The zero-order chi connectivity index (χ0) is 22.0. The van der Waals surface area contributed by atoms with Crippen molar-refractivity contribution >= 4 is 38.9 Å². The first-order valence-electron chi connectivity index (χ1n) is 10.7. The molecular formula is C23H26Cl2N2O3S. The minimum Gasteiger partial charge on any atom is -0.344 e. The van der Waals surface area contributed by atoms with Crippen molar-refractivity contribution in [3.8, 4) is 0 Å². The molecule has 2 atom stereocenters. The molecule has 0 radical (unpaired) electrons. The lowest BCUT2D eigenvalue weighted by Gasteiger charge is -2.32. The Morgan fingerprint density at radius 3 is 2.42 bits per heavy atom. The molecule has 1 heterocycles. The van der Waals surface area contributed by atoms with Crippen LogP contribution in [0, 0.1) is 5.92 Å². The van der Waals surface area contributed by atoms with Gasteiger partial charge in [0.2, 0.25) is 0 Å². The molecule has 0 bridgehead atoms. The average Bonchev–Trinajstić information content (AvgIpc) is 3.56. The Morgan fingerprint density at radius 2 is 1.81 bits per heavy atom. The van der Waals surface area contributed by atoms with Crippen molar-refractivity contribution in [2.45, 2.75) is 49.1 Å². The minimum atomic E-state index is -3.27. The fourth-order valence-corrected chi connectivity index (χ4v) is 6.24. The fraction of sp³-hybridized carbons (Fsp3) is 0.435. The zero-order valence-corrected chi connectivity index (χ0v) is 19.4. The van der Waals surface area contributed by atoms with E-state index in [1.54, 1.807) is 30.3 Å². The maximum Gasteiger partial charge on any atom is 0.253 e. The van der Waals surface area contributed by atoms with E-state index in [4.69, 9.17) is 23.2 Å². The highest BCUT2D eigenvalue weighted by molar-refractivity contribution is 7.91. The van der Waals surface area contributed by atoms with Crippen LogP contribution >= 0.6 is 23.2 Å². The largest absolute Gasteiger partial charge is 0.344 e. The molecule has 2 fully saturated rings. The number of nitrogens with one attached hydrogen (secondary N) is 2. The molecule has 1 aliphatic carbocycles. The topological polar surface area (TPSA) is 75.3 Å². The Kier molecular flexibility index (Phi) is 6.92. The second-order valence-electron chi connectivity index (χ2n) is 8.43. The third-order valence-electron chi connectivity index (χ3n) is 5.96. The first-order chi connectivity index (χ1) is 14.8. The number of benzene rings is 2. The number of carbonyl (C=O) groups excluding carboxylic acids is 1. The van der Waals surface area contributed by atoms with Gasteiger partial charge < -0.3 is 10.6 Å². The van der Waals surface area contributed by atoms with Gasteiger partial charge in [-0.15, -0.1) is 0 Å². The number of halogens is 2. The Labute approximate surface area is 193 Å². The van der Waals surface area contributed by atoms with E-state index in [2.05, 4.69) is 10.6 Å². The van der Waals surface area contributed by atoms with Crippen molar-refractivity contribution in [1.29, 1.82) is 0 Å². The number of hydrogen-bond donors (Lipinski definition) is 2. The zero-order valence-electron chi connectivity index (χ0n) is 17.1. The van der Waals surface area contributed by atoms with E-state index >= 15 is 0 Å². The van der Waals surface area contributed by atoms with Gasteiger partial charge in [0.15, 0.2) is 9.84 Å². The van der Waals surface area contributed by atoms with Crippen molar-refractivity contribution in [2.24, 2.45) is 5.92 Å². The third kappa shape index (κ3) is 5.61. The molecule has 1 amide bonds. The summed E-state index contributed by atoms with van der Waals surface area (Å²) in [5, 5.41) is 7.35. The lowest BCUT2D eigenvalue weighted by atomic mass is 9.92. The second kappa shape index (κ2) is 9.49. The smallest absolute Gasteiger partial charge is 0.253 e. The molecule has 31 heavy (non-hydrogen) atoms. The summed E-state index contributed by atoms with van der Waals surface area (Å²) < 4.78 is 25.2. The van der Waals surface area contributed by atoms with Gasteiger partial charge in [-0.2, -0.15) is 0 Å². The molecule has 2 aliphatic rings. The maximum absolute atomic E-state index is 13.0. The number of sulfone groups is 1. The van der Waals surface area contributed by atoms with Crippen molar-refractivity contribution in [3.63, 3.8) is 0 Å². The first kappa shape index (κ1) is 22.6. The van der Waals surface area contributed by atoms with Crippen LogP contribution in [0.5, 0.6) is 0 Å². The number of hydrogen-bond acceptors (Lipinski definition) is 4. The van der Waals surface area contributed by atoms with E-state index in [1.807, 2.05) is 12.1 Å². The number of carbonyl (C=O) groups is 1. The molecule has 1 saturated heterocycles. The third-order valence-corrected chi connectivity index (χ3v) is 8.41. The SMILES string of the molecule is O=C(NC(c1ccc(S(=O)(=O)CC2CC2)cc1)C1CCCCN1)c1ccc(Cl)cc1Cl. The van der Waals surface area contributed by atoms with Gasteiger partial charge in [-0.05, 0) is 74.0 Å². The van der Waals surface area contributed by atoms with Crippen LogP contribution in [-0.4, -0.2) is 32.7 Å². The highest BCUT2D eigenvalue weighted by atomic mass is 35.5. The fourth-order valence-electron chi connectivity index (χ4n) is 4.05. The highest BCUT2D eigenvalue weighted by Gasteiger charge is 2.30. The number of amides is 1. The van der Waals surface area contributed by atoms with Gasteiger partial charge in [0.25, 0.3) is 5.91 Å². The van der Waals surface area contributed by atoms with Gasteiger partial charge in [-0.25, -0.2) is 8.42 Å². The quantitative estimate of drug-likeness (QED) is 0.597. The monoisotopic (exact) mass is 480 g/mol. The summed E-state index contributed by atoms with van der Waals surface area (Å²) in [6, 6.07) is 11.5. The molecule has 2 aromatic carbocycles. The van der Waals surface area contributed by atoms with E-state index in [0.717, 1.165) is 44.2 Å². The Balaban J connectivity index is 1.58. The summed E-state index contributed by atoms with van der Waals surface area (Å²) in [7, 11) is -3.27. The van der Waals surface area contributed by atoms with Crippen LogP contribution < -0.4 is 10.6 Å². The molecule has 8 heteroatoms. The lowest BCUT2D eigenvalue weighted by Crippen LogP contribution is -2.46. The van der Waals surface area contributed by atoms with Gasteiger partial charge in [0.1, 0.15) is 0 Å². The van der Waals surface area contributed by atoms with Gasteiger partial charge in [0.05, 0.1) is 27.3 Å². The van der Waals surface area contributed by atoms with Crippen molar-refractivity contribution in [2.75, 3.05) is 12.3 Å². The molecule has 0 spiro atoms. The summed E-state index contributed by atoms with van der Waals surface area (Å²) in [5.74, 6) is 0.225.